The van der Waals surface area contributed by atoms with Crippen LogP contribution in [-0.2, 0) is 23.5 Å². The number of esters is 1. The smallest absolute Gasteiger partial charge is 0.305 e. The molecule has 0 spiro atoms. The van der Waals surface area contributed by atoms with E-state index in [0.29, 0.717) is 38.7 Å². The molecule has 3 atom stereocenters. The van der Waals surface area contributed by atoms with Gasteiger partial charge in [0.25, 0.3) is 0 Å². The summed E-state index contributed by atoms with van der Waals surface area (Å²) in [5, 5.41) is -0.0423. The Morgan fingerprint density at radius 1 is 0.921 bits per heavy atom. The monoisotopic (exact) mass is 560 g/mol. The summed E-state index contributed by atoms with van der Waals surface area (Å²) in [6.45, 7) is 15.1. The molecule has 5 nitrogen and oxygen atoms in total. The van der Waals surface area contributed by atoms with Gasteiger partial charge in [-0.1, -0.05) is 66.7 Å². The third-order valence-electron chi connectivity index (χ3n) is 8.43. The lowest BCUT2D eigenvalue weighted by atomic mass is 9.85. The van der Waals surface area contributed by atoms with E-state index in [9.17, 15) is 23.2 Å². The molecular weight excluding hydrogens is 506 g/mol. The van der Waals surface area contributed by atoms with Crippen molar-refractivity contribution in [3.05, 3.63) is 0 Å². The molecule has 0 amide bonds. The van der Waals surface area contributed by atoms with Gasteiger partial charge >= 0.3 is 11.9 Å². The molecule has 38 heavy (non-hydrogen) atoms. The van der Waals surface area contributed by atoms with Gasteiger partial charge in [-0.3, -0.25) is 14.4 Å². The van der Waals surface area contributed by atoms with Crippen LogP contribution >= 0.6 is 0 Å². The van der Waals surface area contributed by atoms with Crippen LogP contribution in [0.3, 0.4) is 0 Å². The summed E-state index contributed by atoms with van der Waals surface area (Å²) in [6.07, 6.45) is 6.84. The van der Waals surface area contributed by atoms with E-state index in [1.165, 1.54) is 0 Å². The van der Waals surface area contributed by atoms with E-state index in [1.54, 1.807) is 0 Å². The maximum Gasteiger partial charge on any atom is 0.305 e. The zero-order valence-corrected chi connectivity index (χ0v) is 26.1. The number of halogens is 2. The molecule has 0 aromatic carbocycles. The predicted molar refractivity (Wildman–Crippen MR) is 151 cm³/mol. The summed E-state index contributed by atoms with van der Waals surface area (Å²) in [4.78, 5) is 37.3. The van der Waals surface area contributed by atoms with Crippen LogP contribution in [0, 0.1) is 11.8 Å². The van der Waals surface area contributed by atoms with Crippen LogP contribution in [0.4, 0.5) is 8.78 Å². The van der Waals surface area contributed by atoms with E-state index in [1.807, 2.05) is 6.92 Å². The van der Waals surface area contributed by atoms with Crippen LogP contribution in [0.15, 0.2) is 0 Å². The topological polar surface area (TPSA) is 69.7 Å². The van der Waals surface area contributed by atoms with Crippen LogP contribution in [0.1, 0.15) is 125 Å². The van der Waals surface area contributed by atoms with Crippen molar-refractivity contribution in [3.8, 4) is 0 Å². The molecule has 0 saturated heterocycles. The highest BCUT2D eigenvalue weighted by molar-refractivity contribution is 6.74. The van der Waals surface area contributed by atoms with Crippen molar-refractivity contribution in [2.45, 2.75) is 155 Å². The number of hydrogen-bond donors (Lipinski definition) is 0. The van der Waals surface area contributed by atoms with E-state index < -0.39 is 26.4 Å². The number of ether oxygens (including phenoxy) is 1. The van der Waals surface area contributed by atoms with Crippen molar-refractivity contribution in [1.82, 2.24) is 0 Å². The minimum Gasteiger partial charge on any atom is -0.466 e. The minimum absolute atomic E-state index is 0.0423. The van der Waals surface area contributed by atoms with Crippen molar-refractivity contribution in [3.63, 3.8) is 0 Å². The number of unbranched alkanes of at least 4 members (excludes halogenated alkanes) is 5. The Morgan fingerprint density at radius 2 is 1.55 bits per heavy atom. The fourth-order valence-corrected chi connectivity index (χ4v) is 6.22. The van der Waals surface area contributed by atoms with Crippen molar-refractivity contribution in [2.75, 3.05) is 6.61 Å². The summed E-state index contributed by atoms with van der Waals surface area (Å²) in [5.74, 6) is -4.82. The van der Waals surface area contributed by atoms with Crippen molar-refractivity contribution >= 4 is 25.9 Å². The summed E-state index contributed by atoms with van der Waals surface area (Å²) in [6, 6.07) is 0. The van der Waals surface area contributed by atoms with Gasteiger partial charge in [0.05, 0.1) is 12.7 Å². The third-order valence-corrected chi connectivity index (χ3v) is 12.9. The maximum atomic E-state index is 14.4. The molecule has 8 heteroatoms. The van der Waals surface area contributed by atoms with Crippen molar-refractivity contribution in [2.24, 2.45) is 11.8 Å². The Balaban J connectivity index is 2.76. The lowest BCUT2D eigenvalue weighted by molar-refractivity contribution is -0.145. The van der Waals surface area contributed by atoms with Gasteiger partial charge in [0.15, 0.2) is 8.32 Å². The molecule has 0 unspecified atom stereocenters. The number of Topliss-reactive ketones (excluding diaryl/α,β-unsaturated/α-hetero) is 2. The van der Waals surface area contributed by atoms with Gasteiger partial charge in [-0.05, 0) is 56.2 Å². The van der Waals surface area contributed by atoms with Gasteiger partial charge < -0.3 is 9.16 Å². The number of alkyl halides is 2. The van der Waals surface area contributed by atoms with Gasteiger partial charge in [0.2, 0.25) is 5.78 Å². The number of carbonyl (C=O) groups is 3. The van der Waals surface area contributed by atoms with Crippen LogP contribution in [0.2, 0.25) is 18.1 Å². The normalized spacial score (nSPS) is 20.7. The van der Waals surface area contributed by atoms with Gasteiger partial charge in [-0.2, -0.15) is 8.78 Å². The second-order valence-corrected chi connectivity index (χ2v) is 17.4. The van der Waals surface area contributed by atoms with E-state index in [4.69, 9.17) is 9.16 Å². The molecule has 1 rings (SSSR count). The van der Waals surface area contributed by atoms with Crippen LogP contribution in [-0.4, -0.2) is 44.5 Å². The van der Waals surface area contributed by atoms with E-state index in [0.717, 1.165) is 38.5 Å². The van der Waals surface area contributed by atoms with Crippen molar-refractivity contribution < 1.29 is 32.3 Å². The molecular formula is C30H54F2O5Si. The first-order valence-electron chi connectivity index (χ1n) is 14.9. The van der Waals surface area contributed by atoms with Gasteiger partial charge in [0.1, 0.15) is 5.78 Å². The lowest BCUT2D eigenvalue weighted by Crippen LogP contribution is -2.45. The fraction of sp³-hybridized carbons (Fsp3) is 0.900. The van der Waals surface area contributed by atoms with Crippen LogP contribution in [0.25, 0.3) is 0 Å². The largest absolute Gasteiger partial charge is 0.466 e. The van der Waals surface area contributed by atoms with Gasteiger partial charge in [0, 0.05) is 31.6 Å². The minimum atomic E-state index is -3.30. The second-order valence-electron chi connectivity index (χ2n) is 12.7. The predicted octanol–water partition coefficient (Wildman–Crippen LogP) is 8.44. The molecule has 1 fully saturated rings. The highest BCUT2D eigenvalue weighted by Crippen LogP contribution is 2.44. The molecule has 222 valence electrons. The SMILES string of the molecule is CCCCOC(=O)CCCCCC[C@H]1C(=O)C[C@@H](O[Si](C)(C)C(C)(C)C)[C@@H]1CCC(=O)C(F)(F)CCCC. The molecule has 0 N–H and O–H groups in total. The molecule has 0 heterocycles. The quantitative estimate of drug-likeness (QED) is 0.0900. The van der Waals surface area contributed by atoms with Crippen molar-refractivity contribution in [1.29, 1.82) is 0 Å². The van der Waals surface area contributed by atoms with E-state index in [-0.39, 0.29) is 47.6 Å². The number of ketones is 2. The highest BCUT2D eigenvalue weighted by Gasteiger charge is 2.48. The molecule has 0 aliphatic heterocycles. The Hall–Kier alpha value is -1.15. The maximum absolute atomic E-state index is 14.4. The average molecular weight is 561 g/mol. The molecule has 1 saturated carbocycles. The Morgan fingerprint density at radius 3 is 2.16 bits per heavy atom. The summed E-state index contributed by atoms with van der Waals surface area (Å²) in [7, 11) is -2.18. The van der Waals surface area contributed by atoms with Gasteiger partial charge in [-0.15, -0.1) is 0 Å². The van der Waals surface area contributed by atoms with Crippen LogP contribution in [0.5, 0.6) is 0 Å². The third kappa shape index (κ3) is 11.5. The number of carbonyl (C=O) groups excluding carboxylic acids is 3. The molecule has 0 aromatic rings. The molecule has 1 aliphatic carbocycles. The summed E-state index contributed by atoms with van der Waals surface area (Å²) < 4.78 is 40.6. The zero-order chi connectivity index (χ0) is 29.0. The zero-order valence-electron chi connectivity index (χ0n) is 25.1. The first-order chi connectivity index (χ1) is 17.7. The Labute approximate surface area is 231 Å². The second kappa shape index (κ2) is 16.2. The number of hydrogen-bond acceptors (Lipinski definition) is 5. The Bertz CT molecular complexity index is 747. The fourth-order valence-electron chi connectivity index (χ4n) is 4.85. The average Bonchev–Trinajstić information content (AvgIpc) is 3.10. The molecule has 0 bridgehead atoms. The summed E-state index contributed by atoms with van der Waals surface area (Å²) >= 11 is 0. The van der Waals surface area contributed by atoms with E-state index >= 15 is 0 Å². The molecule has 0 radical (unpaired) electrons. The first-order valence-corrected chi connectivity index (χ1v) is 17.8. The number of rotatable bonds is 19. The lowest BCUT2D eigenvalue weighted by Gasteiger charge is -2.40. The molecule has 0 aromatic heterocycles. The summed E-state index contributed by atoms with van der Waals surface area (Å²) in [5.41, 5.74) is 0. The standard InChI is InChI=1S/C30H54F2O5Si/c1-8-10-20-30(31,32)27(34)19-18-24-23(16-14-12-13-15-17-28(35)36-21-11-9-2)25(33)22-26(24)37-38(6,7)29(3,4)5/h23-24,26H,8-22H2,1-7H3/t23-,24-,26-/m1/s1. The molecule has 1 aliphatic rings. The Kier molecular flexibility index (Phi) is 14.9. The van der Waals surface area contributed by atoms with Crippen LogP contribution < -0.4 is 0 Å². The van der Waals surface area contributed by atoms with Gasteiger partial charge in [-0.25, -0.2) is 0 Å². The highest BCUT2D eigenvalue weighted by atomic mass is 28.4. The first kappa shape index (κ1) is 34.9. The van der Waals surface area contributed by atoms with E-state index in [2.05, 4.69) is 40.8 Å².